The van der Waals surface area contributed by atoms with Crippen LogP contribution in [0.2, 0.25) is 0 Å². The van der Waals surface area contributed by atoms with Gasteiger partial charge in [-0.1, -0.05) is 48.6 Å². The third kappa shape index (κ3) is 1.60. The number of fused-ring (bicyclic) bond motifs is 4. The van der Waals surface area contributed by atoms with Gasteiger partial charge in [-0.2, -0.15) is 0 Å². The van der Waals surface area contributed by atoms with Crippen molar-refractivity contribution >= 4 is 33.3 Å². The summed E-state index contributed by atoms with van der Waals surface area (Å²) in [6, 6.07) is 17.5. The lowest BCUT2D eigenvalue weighted by Gasteiger charge is -2.16. The smallest absolute Gasteiger partial charge is 0.0467 e. The zero-order valence-corrected chi connectivity index (χ0v) is 11.4. The maximum Gasteiger partial charge on any atom is 0.0467 e. The van der Waals surface area contributed by atoms with E-state index in [1.807, 2.05) is 7.05 Å². The molecule has 0 bridgehead atoms. The second kappa shape index (κ2) is 4.31. The van der Waals surface area contributed by atoms with Gasteiger partial charge in [-0.05, 0) is 39.2 Å². The molecule has 0 amide bonds. The number of rotatable bonds is 0. The Morgan fingerprint density at radius 3 is 2.50 bits per heavy atom. The van der Waals surface area contributed by atoms with Crippen LogP contribution in [0.1, 0.15) is 17.5 Å². The molecule has 1 heteroatoms. The lowest BCUT2D eigenvalue weighted by Crippen LogP contribution is -2.06. The van der Waals surface area contributed by atoms with Crippen LogP contribution in [0.4, 0.5) is 0 Å². The van der Waals surface area contributed by atoms with Crippen molar-refractivity contribution in [2.45, 2.75) is 6.42 Å². The second-order valence-electron chi connectivity index (χ2n) is 5.23. The first-order valence-electron chi connectivity index (χ1n) is 6.95. The summed E-state index contributed by atoms with van der Waals surface area (Å²) in [6.07, 6.45) is 5.33. The molecule has 0 radical (unpaired) electrons. The first-order valence-corrected chi connectivity index (χ1v) is 6.95. The normalized spacial score (nSPS) is 15.9. The van der Waals surface area contributed by atoms with Gasteiger partial charge in [0.25, 0.3) is 0 Å². The molecule has 4 rings (SSSR count). The highest BCUT2D eigenvalue weighted by Gasteiger charge is 2.14. The highest BCUT2D eigenvalue weighted by Crippen LogP contribution is 2.31. The molecule has 0 aromatic heterocycles. The minimum absolute atomic E-state index is 0.926. The van der Waals surface area contributed by atoms with Gasteiger partial charge in [0, 0.05) is 24.7 Å². The van der Waals surface area contributed by atoms with E-state index in [2.05, 4.69) is 65.7 Å². The third-order valence-corrected chi connectivity index (χ3v) is 4.09. The third-order valence-electron chi connectivity index (χ3n) is 4.09. The fourth-order valence-electron chi connectivity index (χ4n) is 3.09. The van der Waals surface area contributed by atoms with E-state index in [4.69, 9.17) is 0 Å². The Kier molecular flexibility index (Phi) is 2.46. The second-order valence-corrected chi connectivity index (χ2v) is 5.23. The van der Waals surface area contributed by atoms with Crippen LogP contribution < -0.4 is 0 Å². The Morgan fingerprint density at radius 1 is 0.900 bits per heavy atom. The van der Waals surface area contributed by atoms with E-state index in [1.54, 1.807) is 0 Å². The Morgan fingerprint density at radius 2 is 1.70 bits per heavy atom. The number of hydrogen-bond acceptors (Lipinski definition) is 1. The van der Waals surface area contributed by atoms with E-state index >= 15 is 0 Å². The average Bonchev–Trinajstić information content (AvgIpc) is 2.52. The van der Waals surface area contributed by atoms with Gasteiger partial charge >= 0.3 is 0 Å². The molecule has 0 heterocycles. The van der Waals surface area contributed by atoms with Crippen LogP contribution in [0.25, 0.3) is 27.6 Å². The van der Waals surface area contributed by atoms with E-state index in [1.165, 1.54) is 38.4 Å². The number of benzene rings is 3. The predicted molar refractivity (Wildman–Crippen MR) is 87.6 cm³/mol. The minimum atomic E-state index is 0.926. The summed E-state index contributed by atoms with van der Waals surface area (Å²) < 4.78 is 0. The van der Waals surface area contributed by atoms with Gasteiger partial charge in [0.2, 0.25) is 0 Å². The van der Waals surface area contributed by atoms with E-state index in [0.717, 1.165) is 6.42 Å². The van der Waals surface area contributed by atoms with Gasteiger partial charge in [-0.3, -0.25) is 4.99 Å². The fraction of sp³-hybridized carbons (Fsp3) is 0.105. The molecule has 1 aliphatic rings. The zero-order chi connectivity index (χ0) is 13.5. The summed E-state index contributed by atoms with van der Waals surface area (Å²) in [6.45, 7) is 0. The van der Waals surface area contributed by atoms with Gasteiger partial charge in [-0.15, -0.1) is 0 Å². The molecule has 20 heavy (non-hydrogen) atoms. The van der Waals surface area contributed by atoms with Gasteiger partial charge in [-0.25, -0.2) is 0 Å². The predicted octanol–water partition coefficient (Wildman–Crippen LogP) is 4.83. The van der Waals surface area contributed by atoms with Crippen LogP contribution in [0, 0.1) is 0 Å². The molecule has 3 aromatic rings. The molecule has 0 aliphatic heterocycles. The summed E-state index contributed by atoms with van der Waals surface area (Å²) in [4.78, 5) is 4.48. The number of hydrogen-bond donors (Lipinski definition) is 0. The summed E-state index contributed by atoms with van der Waals surface area (Å²) in [5.41, 5.74) is 3.77. The first kappa shape index (κ1) is 11.4. The molecule has 0 spiro atoms. The van der Waals surface area contributed by atoms with Crippen LogP contribution in [0.3, 0.4) is 0 Å². The van der Waals surface area contributed by atoms with Crippen molar-refractivity contribution in [3.63, 3.8) is 0 Å². The summed E-state index contributed by atoms with van der Waals surface area (Å²) in [5.74, 6) is 0. The first-order chi connectivity index (χ1) is 9.86. The molecule has 0 N–H and O–H groups in total. The van der Waals surface area contributed by atoms with Crippen LogP contribution in [0.15, 0.2) is 59.6 Å². The Labute approximate surface area is 118 Å². The van der Waals surface area contributed by atoms with Gasteiger partial charge in [0.15, 0.2) is 0 Å². The standard InChI is InChI=1S/C19H15N/c1-20-18-8-4-7-13-9-10-16-11-14-5-2-3-6-15(14)12-17(16)19(13)18/h2-7,9-12H,8H2,1H3. The van der Waals surface area contributed by atoms with E-state index < -0.39 is 0 Å². The number of nitrogens with zero attached hydrogens (tertiary/aromatic N) is 1. The van der Waals surface area contributed by atoms with Crippen molar-refractivity contribution in [2.75, 3.05) is 7.05 Å². The fourth-order valence-corrected chi connectivity index (χ4v) is 3.09. The van der Waals surface area contributed by atoms with Crippen LogP contribution in [-0.4, -0.2) is 12.8 Å². The quantitative estimate of drug-likeness (QED) is 0.511. The van der Waals surface area contributed by atoms with E-state index in [9.17, 15) is 0 Å². The molecule has 0 saturated carbocycles. The molecule has 96 valence electrons. The van der Waals surface area contributed by atoms with Gasteiger partial charge < -0.3 is 0 Å². The van der Waals surface area contributed by atoms with Crippen LogP contribution >= 0.6 is 0 Å². The van der Waals surface area contributed by atoms with Crippen molar-refractivity contribution in [2.24, 2.45) is 4.99 Å². The SMILES string of the molecule is CN=C1CC=Cc2ccc3cc4ccccc4cc3c21. The van der Waals surface area contributed by atoms with Crippen LogP contribution in [0.5, 0.6) is 0 Å². The highest BCUT2D eigenvalue weighted by atomic mass is 14.7. The molecular weight excluding hydrogens is 242 g/mol. The monoisotopic (exact) mass is 257 g/mol. The topological polar surface area (TPSA) is 12.4 Å². The minimum Gasteiger partial charge on any atom is -0.292 e. The molecule has 0 atom stereocenters. The van der Waals surface area contributed by atoms with Gasteiger partial charge in [0.05, 0.1) is 0 Å². The van der Waals surface area contributed by atoms with Gasteiger partial charge in [0.1, 0.15) is 0 Å². The Bertz CT molecular complexity index is 885. The largest absolute Gasteiger partial charge is 0.292 e. The molecule has 0 unspecified atom stereocenters. The molecule has 0 saturated heterocycles. The zero-order valence-electron chi connectivity index (χ0n) is 11.4. The van der Waals surface area contributed by atoms with Crippen molar-refractivity contribution in [1.82, 2.24) is 0 Å². The van der Waals surface area contributed by atoms with Crippen LogP contribution in [-0.2, 0) is 0 Å². The molecule has 3 aromatic carbocycles. The lowest BCUT2D eigenvalue weighted by atomic mass is 9.89. The maximum atomic E-state index is 4.48. The van der Waals surface area contributed by atoms with E-state index in [0.29, 0.717) is 0 Å². The summed E-state index contributed by atoms with van der Waals surface area (Å²) >= 11 is 0. The van der Waals surface area contributed by atoms with Crippen molar-refractivity contribution < 1.29 is 0 Å². The molecule has 1 aliphatic carbocycles. The molecule has 0 fully saturated rings. The summed E-state index contributed by atoms with van der Waals surface area (Å²) in [7, 11) is 1.89. The van der Waals surface area contributed by atoms with Crippen molar-refractivity contribution in [3.8, 4) is 0 Å². The number of aliphatic imine (C=N–C) groups is 1. The molecule has 1 nitrogen and oxygen atoms in total. The van der Waals surface area contributed by atoms with Crippen molar-refractivity contribution in [1.29, 1.82) is 0 Å². The maximum absolute atomic E-state index is 4.48. The van der Waals surface area contributed by atoms with E-state index in [-0.39, 0.29) is 0 Å². The van der Waals surface area contributed by atoms with Crippen molar-refractivity contribution in [3.05, 3.63) is 65.7 Å². The Hall–Kier alpha value is -2.41. The lowest BCUT2D eigenvalue weighted by molar-refractivity contribution is 1.33. The number of allylic oxidation sites excluding steroid dienone is 1. The molecular formula is C19H15N. The average molecular weight is 257 g/mol. The summed E-state index contributed by atoms with van der Waals surface area (Å²) in [5, 5.41) is 5.18. The highest BCUT2D eigenvalue weighted by molar-refractivity contribution is 6.17. The Balaban J connectivity index is 2.17.